The molecule has 1 amide bonds. The van der Waals surface area contributed by atoms with E-state index in [0.29, 0.717) is 6.07 Å². The number of hydrogen-bond donors (Lipinski definition) is 3. The second kappa shape index (κ2) is 8.67. The predicted octanol–water partition coefficient (Wildman–Crippen LogP) is 2.54. The molecule has 0 unspecified atom stereocenters. The van der Waals surface area contributed by atoms with E-state index in [4.69, 9.17) is 10.00 Å². The molecule has 2 rings (SSSR count). The Labute approximate surface area is 156 Å². The zero-order valence-corrected chi connectivity index (χ0v) is 14.3. The molecule has 0 spiro atoms. The largest absolute Gasteiger partial charge is 0.461 e. The number of alkyl halides is 3. The molecular weight excluding hydrogens is 381 g/mol. The molecule has 9 nitrogen and oxygen atoms in total. The minimum Gasteiger partial charge on any atom is -0.461 e. The van der Waals surface area contributed by atoms with E-state index >= 15 is 0 Å². The first-order valence-corrected chi connectivity index (χ1v) is 7.69. The van der Waals surface area contributed by atoms with Gasteiger partial charge in [-0.15, -0.1) is 0 Å². The molecule has 0 atom stereocenters. The standard InChI is InChI=1S/C16H13F3N6O3/c1-2-28-15(27)12-13(22-8-21-12)25-24-11(7-20)14(26)23-10-5-3-4-9(6-10)16(17,18)19/h3-6,8,25H,2H2,1H3,(H,21,22)(H,23,26). The maximum Gasteiger partial charge on any atom is 0.416 e. The first kappa shape index (κ1) is 20.4. The van der Waals surface area contributed by atoms with E-state index in [-0.39, 0.29) is 23.8 Å². The highest BCUT2D eigenvalue weighted by atomic mass is 19.4. The number of H-pyrrole nitrogens is 1. The number of benzene rings is 1. The van der Waals surface area contributed by atoms with E-state index in [1.54, 1.807) is 6.92 Å². The molecule has 0 radical (unpaired) electrons. The molecule has 12 heteroatoms. The summed E-state index contributed by atoms with van der Waals surface area (Å²) >= 11 is 0. The number of nitrogens with zero attached hydrogens (tertiary/aromatic N) is 3. The van der Waals surface area contributed by atoms with E-state index in [2.05, 4.69) is 25.8 Å². The van der Waals surface area contributed by atoms with Crippen LogP contribution in [0.2, 0.25) is 0 Å². The maximum atomic E-state index is 12.7. The van der Waals surface area contributed by atoms with Crippen molar-refractivity contribution in [1.82, 2.24) is 9.97 Å². The average Bonchev–Trinajstić information content (AvgIpc) is 3.10. The molecule has 0 aliphatic heterocycles. The number of imidazole rings is 1. The molecule has 0 saturated heterocycles. The van der Waals surface area contributed by atoms with E-state index in [1.165, 1.54) is 18.5 Å². The van der Waals surface area contributed by atoms with Gasteiger partial charge in [0.15, 0.2) is 11.5 Å². The lowest BCUT2D eigenvalue weighted by Gasteiger charge is -2.09. The van der Waals surface area contributed by atoms with Crippen LogP contribution >= 0.6 is 0 Å². The van der Waals surface area contributed by atoms with Gasteiger partial charge >= 0.3 is 12.1 Å². The Hall–Kier alpha value is -3.88. The van der Waals surface area contributed by atoms with Crippen molar-refractivity contribution in [1.29, 1.82) is 5.26 Å². The number of hydrazone groups is 1. The normalized spacial score (nSPS) is 11.5. The van der Waals surface area contributed by atoms with E-state index in [9.17, 15) is 22.8 Å². The number of anilines is 2. The first-order chi connectivity index (χ1) is 13.3. The molecule has 2 aromatic rings. The number of amides is 1. The van der Waals surface area contributed by atoms with Crippen molar-refractivity contribution in [3.05, 3.63) is 41.9 Å². The van der Waals surface area contributed by atoms with Crippen molar-refractivity contribution in [3.63, 3.8) is 0 Å². The highest BCUT2D eigenvalue weighted by Gasteiger charge is 2.30. The molecule has 1 heterocycles. The zero-order chi connectivity index (χ0) is 20.7. The average molecular weight is 394 g/mol. The van der Waals surface area contributed by atoms with Gasteiger partial charge in [-0.25, -0.2) is 9.78 Å². The third-order valence-electron chi connectivity index (χ3n) is 3.16. The highest BCUT2D eigenvalue weighted by Crippen LogP contribution is 2.30. The van der Waals surface area contributed by atoms with Gasteiger partial charge in [0.25, 0.3) is 5.91 Å². The first-order valence-electron chi connectivity index (χ1n) is 7.69. The van der Waals surface area contributed by atoms with Gasteiger partial charge in [0.1, 0.15) is 6.07 Å². The number of ether oxygens (including phenoxy) is 1. The topological polar surface area (TPSA) is 132 Å². The predicted molar refractivity (Wildman–Crippen MR) is 91.3 cm³/mol. The van der Waals surface area contributed by atoms with Crippen molar-refractivity contribution in [2.24, 2.45) is 5.10 Å². The quantitative estimate of drug-likeness (QED) is 0.392. The van der Waals surface area contributed by atoms with E-state index in [0.717, 1.165) is 12.1 Å². The third-order valence-corrected chi connectivity index (χ3v) is 3.16. The molecule has 0 aliphatic rings. The van der Waals surface area contributed by atoms with Crippen LogP contribution in [-0.2, 0) is 15.7 Å². The molecule has 1 aromatic carbocycles. The molecule has 0 bridgehead atoms. The maximum absolute atomic E-state index is 12.7. The minimum atomic E-state index is -4.59. The summed E-state index contributed by atoms with van der Waals surface area (Å²) in [6.45, 7) is 1.72. The number of rotatable bonds is 6. The van der Waals surface area contributed by atoms with Gasteiger partial charge < -0.3 is 15.0 Å². The van der Waals surface area contributed by atoms with Crippen LogP contribution in [0.1, 0.15) is 23.0 Å². The fourth-order valence-corrected chi connectivity index (χ4v) is 1.94. The summed E-state index contributed by atoms with van der Waals surface area (Å²) in [7, 11) is 0. The fourth-order valence-electron chi connectivity index (χ4n) is 1.94. The Morgan fingerprint density at radius 3 is 2.79 bits per heavy atom. The van der Waals surface area contributed by atoms with Crippen LogP contribution in [0.25, 0.3) is 0 Å². The van der Waals surface area contributed by atoms with Crippen LogP contribution < -0.4 is 10.7 Å². The van der Waals surface area contributed by atoms with Crippen LogP contribution in [0.5, 0.6) is 0 Å². The lowest BCUT2D eigenvalue weighted by Crippen LogP contribution is -2.23. The van der Waals surface area contributed by atoms with Gasteiger partial charge in [0.2, 0.25) is 5.71 Å². The summed E-state index contributed by atoms with van der Waals surface area (Å²) in [5, 5.41) is 14.7. The molecule has 1 aromatic heterocycles. The highest BCUT2D eigenvalue weighted by molar-refractivity contribution is 6.48. The van der Waals surface area contributed by atoms with Crippen molar-refractivity contribution < 1.29 is 27.5 Å². The second-order valence-corrected chi connectivity index (χ2v) is 5.06. The van der Waals surface area contributed by atoms with Crippen molar-refractivity contribution >= 4 is 29.1 Å². The molecule has 28 heavy (non-hydrogen) atoms. The Balaban J connectivity index is 2.14. The molecule has 146 valence electrons. The second-order valence-electron chi connectivity index (χ2n) is 5.06. The zero-order valence-electron chi connectivity index (χ0n) is 14.3. The molecule has 3 N–H and O–H groups in total. The summed E-state index contributed by atoms with van der Waals surface area (Å²) in [5.74, 6) is -1.88. The summed E-state index contributed by atoms with van der Waals surface area (Å²) < 4.78 is 42.9. The summed E-state index contributed by atoms with van der Waals surface area (Å²) in [4.78, 5) is 30.1. The third kappa shape index (κ3) is 5.07. The fraction of sp³-hybridized carbons (Fsp3) is 0.188. The number of esters is 1. The monoisotopic (exact) mass is 394 g/mol. The Morgan fingerprint density at radius 2 is 2.14 bits per heavy atom. The molecule has 0 aliphatic carbocycles. The Kier molecular flexibility index (Phi) is 6.33. The number of hydrogen-bond acceptors (Lipinski definition) is 7. The van der Waals surface area contributed by atoms with Gasteiger partial charge in [-0.1, -0.05) is 6.07 Å². The van der Waals surface area contributed by atoms with Crippen LogP contribution in [0.3, 0.4) is 0 Å². The number of halogens is 3. The number of aromatic nitrogens is 2. The summed E-state index contributed by atoms with van der Waals surface area (Å²) in [5.41, 5.74) is 0.351. The lowest BCUT2D eigenvalue weighted by atomic mass is 10.2. The van der Waals surface area contributed by atoms with Gasteiger partial charge in [-0.2, -0.15) is 23.5 Å². The molecular formula is C16H13F3N6O3. The number of nitriles is 1. The van der Waals surface area contributed by atoms with Crippen molar-refractivity contribution in [2.75, 3.05) is 17.3 Å². The van der Waals surface area contributed by atoms with Crippen LogP contribution in [0.15, 0.2) is 35.7 Å². The Bertz CT molecular complexity index is 946. The van der Waals surface area contributed by atoms with Crippen LogP contribution in [0.4, 0.5) is 24.7 Å². The molecule has 0 saturated carbocycles. The van der Waals surface area contributed by atoms with Crippen molar-refractivity contribution in [3.8, 4) is 6.07 Å². The minimum absolute atomic E-state index is 0.0822. The molecule has 0 fully saturated rings. The van der Waals surface area contributed by atoms with Gasteiger partial charge in [0.05, 0.1) is 18.5 Å². The number of carbonyl (C=O) groups is 2. The van der Waals surface area contributed by atoms with E-state index < -0.39 is 29.3 Å². The number of carbonyl (C=O) groups excluding carboxylic acids is 2. The van der Waals surface area contributed by atoms with Crippen LogP contribution in [-0.4, -0.2) is 34.2 Å². The SMILES string of the molecule is CCOC(=O)c1[nH]cnc1NN=C(C#N)C(=O)Nc1cccc(C(F)(F)F)c1. The summed E-state index contributed by atoms with van der Waals surface area (Å²) in [6.07, 6.45) is -3.42. The number of aromatic amines is 1. The van der Waals surface area contributed by atoms with Crippen LogP contribution in [0, 0.1) is 11.3 Å². The lowest BCUT2D eigenvalue weighted by molar-refractivity contribution is -0.137. The van der Waals surface area contributed by atoms with Gasteiger partial charge in [0, 0.05) is 5.69 Å². The number of nitrogens with one attached hydrogen (secondary N) is 3. The van der Waals surface area contributed by atoms with E-state index in [1.807, 2.05) is 0 Å². The van der Waals surface area contributed by atoms with Gasteiger partial charge in [-0.05, 0) is 25.1 Å². The Morgan fingerprint density at radius 1 is 1.39 bits per heavy atom. The smallest absolute Gasteiger partial charge is 0.416 e. The van der Waals surface area contributed by atoms with Gasteiger partial charge in [-0.3, -0.25) is 10.2 Å². The summed E-state index contributed by atoms with van der Waals surface area (Å²) in [6, 6.07) is 5.39. The van der Waals surface area contributed by atoms with Crippen molar-refractivity contribution in [2.45, 2.75) is 13.1 Å².